The molecule has 0 aromatic rings. The Morgan fingerprint density at radius 1 is 1.47 bits per heavy atom. The van der Waals surface area contributed by atoms with Crippen LogP contribution in [-0.4, -0.2) is 44.6 Å². The Kier molecular flexibility index (Phi) is 5.26. The van der Waals surface area contributed by atoms with Gasteiger partial charge in [-0.3, -0.25) is 4.79 Å². The summed E-state index contributed by atoms with van der Waals surface area (Å²) < 4.78 is 0. The van der Waals surface area contributed by atoms with Crippen LogP contribution in [0, 0.1) is 5.92 Å². The predicted molar refractivity (Wildman–Crippen MR) is 76.9 cm³/mol. The number of amides is 1. The van der Waals surface area contributed by atoms with Gasteiger partial charge in [0.2, 0.25) is 5.91 Å². The highest BCUT2D eigenvalue weighted by Crippen LogP contribution is 2.34. The zero-order valence-corrected chi connectivity index (χ0v) is 12.9. The van der Waals surface area contributed by atoms with E-state index in [-0.39, 0.29) is 17.2 Å². The second-order valence-corrected chi connectivity index (χ2v) is 7.26. The third-order valence-corrected chi connectivity index (χ3v) is 4.78. The van der Waals surface area contributed by atoms with E-state index in [1.807, 2.05) is 27.7 Å². The maximum Gasteiger partial charge on any atom is 0.327 e. The molecule has 3 N–H and O–H groups in total. The number of carboxylic acids is 1. The summed E-state index contributed by atoms with van der Waals surface area (Å²) in [5.41, 5.74) is 5.47. The van der Waals surface area contributed by atoms with E-state index >= 15 is 0 Å². The molecular formula is C13H24N2O3S. The lowest BCUT2D eigenvalue weighted by atomic mass is 9.99. The summed E-state index contributed by atoms with van der Waals surface area (Å²) in [5, 5.41) is 9.18. The van der Waals surface area contributed by atoms with Crippen molar-refractivity contribution in [3.8, 4) is 0 Å². The number of nitrogens with zero attached hydrogens (tertiary/aromatic N) is 1. The highest BCUT2D eigenvalue weighted by Gasteiger charge is 2.42. The molecule has 0 spiro atoms. The lowest BCUT2D eigenvalue weighted by Crippen LogP contribution is -2.47. The largest absolute Gasteiger partial charge is 0.480 e. The van der Waals surface area contributed by atoms with E-state index < -0.39 is 17.6 Å². The van der Waals surface area contributed by atoms with Gasteiger partial charge in [-0.15, -0.1) is 11.8 Å². The molecular weight excluding hydrogens is 264 g/mol. The van der Waals surface area contributed by atoms with Gasteiger partial charge in [0.1, 0.15) is 6.04 Å². The number of carbonyl (C=O) groups excluding carboxylic acids is 1. The Morgan fingerprint density at radius 3 is 2.47 bits per heavy atom. The molecule has 5 nitrogen and oxygen atoms in total. The van der Waals surface area contributed by atoms with Crippen molar-refractivity contribution in [1.82, 2.24) is 4.90 Å². The highest BCUT2D eigenvalue weighted by atomic mass is 32.2. The van der Waals surface area contributed by atoms with Crippen molar-refractivity contribution in [2.24, 2.45) is 11.7 Å². The van der Waals surface area contributed by atoms with Crippen molar-refractivity contribution in [3.05, 3.63) is 0 Å². The molecule has 0 aromatic heterocycles. The van der Waals surface area contributed by atoms with Gasteiger partial charge in [-0.2, -0.15) is 0 Å². The molecule has 1 amide bonds. The molecule has 19 heavy (non-hydrogen) atoms. The van der Waals surface area contributed by atoms with Crippen LogP contribution >= 0.6 is 11.8 Å². The minimum atomic E-state index is -0.920. The Bertz CT molecular complexity index is 352. The fraction of sp³-hybridized carbons (Fsp3) is 0.846. The molecule has 0 aromatic carbocycles. The molecule has 1 rings (SSSR count). The monoisotopic (exact) mass is 288 g/mol. The summed E-state index contributed by atoms with van der Waals surface area (Å²) in [6.45, 7) is 7.76. The average Bonchev–Trinajstić information content (AvgIpc) is 2.69. The van der Waals surface area contributed by atoms with Gasteiger partial charge < -0.3 is 15.7 Å². The van der Waals surface area contributed by atoms with Gasteiger partial charge in [-0.1, -0.05) is 13.8 Å². The summed E-state index contributed by atoms with van der Waals surface area (Å²) in [7, 11) is 0. The first-order chi connectivity index (χ1) is 8.63. The molecule has 1 aliphatic heterocycles. The predicted octanol–water partition coefficient (Wildman–Crippen LogP) is 1.51. The number of hydrogen-bond acceptors (Lipinski definition) is 4. The second kappa shape index (κ2) is 6.13. The van der Waals surface area contributed by atoms with Gasteiger partial charge in [0, 0.05) is 17.7 Å². The van der Waals surface area contributed by atoms with Crippen LogP contribution in [0.2, 0.25) is 0 Å². The fourth-order valence-electron chi connectivity index (χ4n) is 2.11. The molecule has 2 unspecified atom stereocenters. The van der Waals surface area contributed by atoms with E-state index in [1.165, 1.54) is 0 Å². The average molecular weight is 288 g/mol. The molecule has 1 saturated heterocycles. The molecule has 1 aliphatic rings. The van der Waals surface area contributed by atoms with Crippen LogP contribution in [-0.2, 0) is 9.59 Å². The fourth-order valence-corrected chi connectivity index (χ4v) is 3.60. The number of rotatable bonds is 5. The third-order valence-electron chi connectivity index (χ3n) is 3.16. The van der Waals surface area contributed by atoms with Crippen LogP contribution < -0.4 is 5.73 Å². The van der Waals surface area contributed by atoms with Crippen molar-refractivity contribution in [1.29, 1.82) is 0 Å². The number of aliphatic carboxylic acids is 1. The molecule has 0 radical (unpaired) electrons. The minimum Gasteiger partial charge on any atom is -0.480 e. The van der Waals surface area contributed by atoms with Crippen molar-refractivity contribution in [2.45, 2.75) is 57.5 Å². The van der Waals surface area contributed by atoms with Crippen LogP contribution in [0.15, 0.2) is 0 Å². The van der Waals surface area contributed by atoms with Gasteiger partial charge >= 0.3 is 5.97 Å². The minimum absolute atomic E-state index is 0.0468. The first-order valence-corrected chi connectivity index (χ1v) is 7.63. The maximum atomic E-state index is 12.3. The lowest BCUT2D eigenvalue weighted by molar-refractivity contribution is -0.149. The van der Waals surface area contributed by atoms with Crippen molar-refractivity contribution in [3.63, 3.8) is 0 Å². The van der Waals surface area contributed by atoms with Crippen molar-refractivity contribution >= 4 is 23.6 Å². The molecule has 6 heteroatoms. The van der Waals surface area contributed by atoms with Crippen LogP contribution in [0.4, 0.5) is 0 Å². The van der Waals surface area contributed by atoms with E-state index in [4.69, 9.17) is 5.73 Å². The summed E-state index contributed by atoms with van der Waals surface area (Å²) in [6.07, 6.45) is 0.862. The Balaban J connectivity index is 2.78. The molecule has 1 heterocycles. The first kappa shape index (κ1) is 16.3. The maximum absolute atomic E-state index is 12.3. The Morgan fingerprint density at radius 2 is 2.05 bits per heavy atom. The Hall–Kier alpha value is -0.750. The summed E-state index contributed by atoms with van der Waals surface area (Å²) in [4.78, 5) is 25.1. The lowest BCUT2D eigenvalue weighted by Gasteiger charge is -2.30. The molecule has 110 valence electrons. The van der Waals surface area contributed by atoms with Crippen LogP contribution in [0.1, 0.15) is 40.5 Å². The number of thioether (sulfide) groups is 1. The Labute approximate surface area is 118 Å². The van der Waals surface area contributed by atoms with Crippen molar-refractivity contribution in [2.75, 3.05) is 5.75 Å². The molecule has 0 bridgehead atoms. The zero-order valence-electron chi connectivity index (χ0n) is 12.0. The van der Waals surface area contributed by atoms with E-state index in [9.17, 15) is 14.7 Å². The molecule has 0 aliphatic carbocycles. The topological polar surface area (TPSA) is 83.6 Å². The number of carboxylic acid groups (broad SMARTS) is 1. The van der Waals surface area contributed by atoms with E-state index in [0.29, 0.717) is 18.6 Å². The number of carbonyl (C=O) groups is 2. The summed E-state index contributed by atoms with van der Waals surface area (Å²) in [6, 6.07) is -0.703. The van der Waals surface area contributed by atoms with E-state index in [0.717, 1.165) is 0 Å². The van der Waals surface area contributed by atoms with E-state index in [2.05, 4.69) is 0 Å². The third kappa shape index (κ3) is 4.38. The SMILES string of the molecule is CC(C)C1SCC(C(=O)O)N1C(=O)CCC(C)(C)N. The standard InChI is InChI=1S/C13H24N2O3S/c1-8(2)11-15(9(7-19-11)12(17)18)10(16)5-6-13(3,4)14/h8-9,11H,5-7,14H2,1-4H3,(H,17,18). The van der Waals surface area contributed by atoms with Gasteiger partial charge in [0.05, 0.1) is 5.37 Å². The normalized spacial score (nSPS) is 24.0. The number of hydrogen-bond donors (Lipinski definition) is 2. The number of nitrogens with two attached hydrogens (primary N) is 1. The van der Waals surface area contributed by atoms with E-state index in [1.54, 1.807) is 16.7 Å². The summed E-state index contributed by atoms with van der Waals surface area (Å²) >= 11 is 1.55. The molecule has 1 fully saturated rings. The molecule has 0 saturated carbocycles. The van der Waals surface area contributed by atoms with Gasteiger partial charge in [-0.25, -0.2) is 4.79 Å². The smallest absolute Gasteiger partial charge is 0.327 e. The van der Waals surface area contributed by atoms with Crippen molar-refractivity contribution < 1.29 is 14.7 Å². The first-order valence-electron chi connectivity index (χ1n) is 6.58. The van der Waals surface area contributed by atoms with Gasteiger partial charge in [0.15, 0.2) is 0 Å². The van der Waals surface area contributed by atoms with Crippen LogP contribution in [0.5, 0.6) is 0 Å². The van der Waals surface area contributed by atoms with Gasteiger partial charge in [0.25, 0.3) is 0 Å². The second-order valence-electron chi connectivity index (χ2n) is 6.11. The van der Waals surface area contributed by atoms with Crippen LogP contribution in [0.25, 0.3) is 0 Å². The zero-order chi connectivity index (χ0) is 14.8. The van der Waals surface area contributed by atoms with Crippen LogP contribution in [0.3, 0.4) is 0 Å². The quantitative estimate of drug-likeness (QED) is 0.801. The summed E-state index contributed by atoms with van der Waals surface area (Å²) in [5.74, 6) is -0.314. The highest BCUT2D eigenvalue weighted by molar-refractivity contribution is 8.00. The molecule has 2 atom stereocenters. The van der Waals surface area contributed by atoms with Gasteiger partial charge in [-0.05, 0) is 26.2 Å².